The van der Waals surface area contributed by atoms with Crippen molar-refractivity contribution < 1.29 is 9.53 Å². The van der Waals surface area contributed by atoms with Gasteiger partial charge in [-0.25, -0.2) is 9.79 Å². The second-order valence-electron chi connectivity index (χ2n) is 5.38. The van der Waals surface area contributed by atoms with Crippen LogP contribution < -0.4 is 5.32 Å². The SMILES string of the molecule is CC(C)COC(=O)NC1=NC(c2ccccc2)CN1C. The molecule has 1 amide bonds. The number of hydrogen-bond acceptors (Lipinski definition) is 4. The Labute approximate surface area is 119 Å². The fourth-order valence-corrected chi connectivity index (χ4v) is 1.99. The Bertz CT molecular complexity index is 485. The van der Waals surface area contributed by atoms with Gasteiger partial charge in [-0.2, -0.15) is 0 Å². The summed E-state index contributed by atoms with van der Waals surface area (Å²) in [5.41, 5.74) is 1.15. The van der Waals surface area contributed by atoms with E-state index in [0.29, 0.717) is 18.5 Å². The number of nitrogens with one attached hydrogen (secondary N) is 1. The number of hydrogen-bond donors (Lipinski definition) is 1. The van der Waals surface area contributed by atoms with E-state index in [1.54, 1.807) is 0 Å². The molecule has 0 saturated heterocycles. The molecular formula is C15H21N3O2. The van der Waals surface area contributed by atoms with E-state index >= 15 is 0 Å². The highest BCUT2D eigenvalue weighted by Crippen LogP contribution is 2.22. The van der Waals surface area contributed by atoms with E-state index in [1.165, 1.54) is 0 Å². The summed E-state index contributed by atoms with van der Waals surface area (Å²) < 4.78 is 5.10. The van der Waals surface area contributed by atoms with Crippen LogP contribution in [0, 0.1) is 5.92 Å². The maximum absolute atomic E-state index is 11.7. The third kappa shape index (κ3) is 3.73. The lowest BCUT2D eigenvalue weighted by atomic mass is 10.1. The molecule has 1 aromatic rings. The number of ether oxygens (including phenoxy) is 1. The molecule has 20 heavy (non-hydrogen) atoms. The van der Waals surface area contributed by atoms with Crippen molar-refractivity contribution in [3.05, 3.63) is 35.9 Å². The van der Waals surface area contributed by atoms with Crippen molar-refractivity contribution in [3.8, 4) is 0 Å². The van der Waals surface area contributed by atoms with E-state index in [4.69, 9.17) is 4.74 Å². The quantitative estimate of drug-likeness (QED) is 0.921. The van der Waals surface area contributed by atoms with Crippen molar-refractivity contribution in [2.24, 2.45) is 10.9 Å². The topological polar surface area (TPSA) is 53.9 Å². The number of carbonyl (C=O) groups is 1. The van der Waals surface area contributed by atoms with Crippen LogP contribution in [0.2, 0.25) is 0 Å². The van der Waals surface area contributed by atoms with Gasteiger partial charge in [-0.05, 0) is 11.5 Å². The second-order valence-corrected chi connectivity index (χ2v) is 5.38. The van der Waals surface area contributed by atoms with Gasteiger partial charge in [0.05, 0.1) is 12.6 Å². The molecule has 0 saturated carbocycles. The number of benzene rings is 1. The zero-order chi connectivity index (χ0) is 14.5. The molecule has 1 atom stereocenters. The van der Waals surface area contributed by atoms with E-state index in [2.05, 4.69) is 10.3 Å². The number of alkyl carbamates (subject to hydrolysis) is 1. The molecule has 1 aromatic carbocycles. The fourth-order valence-electron chi connectivity index (χ4n) is 1.99. The monoisotopic (exact) mass is 275 g/mol. The molecule has 1 N–H and O–H groups in total. The number of guanidine groups is 1. The number of rotatable bonds is 3. The van der Waals surface area contributed by atoms with E-state index in [-0.39, 0.29) is 6.04 Å². The summed E-state index contributed by atoms with van der Waals surface area (Å²) in [7, 11) is 1.91. The van der Waals surface area contributed by atoms with E-state index < -0.39 is 6.09 Å². The Kier molecular flexibility index (Phi) is 4.61. The zero-order valence-corrected chi connectivity index (χ0v) is 12.2. The Morgan fingerprint density at radius 3 is 2.80 bits per heavy atom. The number of nitrogens with zero attached hydrogens (tertiary/aromatic N) is 2. The molecule has 1 unspecified atom stereocenters. The summed E-state index contributed by atoms with van der Waals surface area (Å²) in [6.45, 7) is 5.16. The summed E-state index contributed by atoms with van der Waals surface area (Å²) in [6.07, 6.45) is -0.446. The van der Waals surface area contributed by atoms with E-state index in [1.807, 2.05) is 56.1 Å². The molecule has 5 nitrogen and oxygen atoms in total. The van der Waals surface area contributed by atoms with Crippen LogP contribution in [0.25, 0.3) is 0 Å². The van der Waals surface area contributed by atoms with Gasteiger partial charge in [-0.15, -0.1) is 0 Å². The first-order valence-electron chi connectivity index (χ1n) is 6.84. The molecule has 2 rings (SSSR count). The Morgan fingerprint density at radius 1 is 1.45 bits per heavy atom. The largest absolute Gasteiger partial charge is 0.449 e. The van der Waals surface area contributed by atoms with Gasteiger partial charge >= 0.3 is 6.09 Å². The van der Waals surface area contributed by atoms with Crippen LogP contribution in [0.1, 0.15) is 25.5 Å². The highest BCUT2D eigenvalue weighted by molar-refractivity contribution is 5.94. The lowest BCUT2D eigenvalue weighted by Gasteiger charge is -2.15. The van der Waals surface area contributed by atoms with Crippen LogP contribution in [-0.2, 0) is 4.74 Å². The van der Waals surface area contributed by atoms with Crippen LogP contribution in [-0.4, -0.2) is 37.2 Å². The average Bonchev–Trinajstić information content (AvgIpc) is 2.79. The normalized spacial score (nSPS) is 18.1. The summed E-state index contributed by atoms with van der Waals surface area (Å²) in [4.78, 5) is 18.1. The first-order chi connectivity index (χ1) is 9.56. The highest BCUT2D eigenvalue weighted by atomic mass is 16.5. The number of aliphatic imine (C=N–C) groups is 1. The Balaban J connectivity index is 1.96. The van der Waals surface area contributed by atoms with Crippen molar-refractivity contribution in [2.45, 2.75) is 19.9 Å². The molecule has 0 aliphatic carbocycles. The minimum absolute atomic E-state index is 0.0570. The average molecular weight is 275 g/mol. The van der Waals surface area contributed by atoms with Crippen molar-refractivity contribution in [3.63, 3.8) is 0 Å². The first-order valence-corrected chi connectivity index (χ1v) is 6.84. The summed E-state index contributed by atoms with van der Waals surface area (Å²) in [5, 5.41) is 2.70. The van der Waals surface area contributed by atoms with Crippen molar-refractivity contribution in [1.29, 1.82) is 0 Å². The lowest BCUT2D eigenvalue weighted by Crippen LogP contribution is -2.40. The maximum atomic E-state index is 11.7. The van der Waals surface area contributed by atoms with E-state index in [9.17, 15) is 4.79 Å². The standard InChI is InChI=1S/C15H21N3O2/c1-11(2)10-20-15(19)17-14-16-13(9-18(14)3)12-7-5-4-6-8-12/h4-8,11,13H,9-10H2,1-3H3,(H,16,17,19). The first kappa shape index (κ1) is 14.4. The van der Waals surface area contributed by atoms with Crippen molar-refractivity contribution in [1.82, 2.24) is 10.2 Å². The van der Waals surface area contributed by atoms with Gasteiger partial charge in [-0.1, -0.05) is 44.2 Å². The summed E-state index contributed by atoms with van der Waals surface area (Å²) in [5.74, 6) is 0.883. The fraction of sp³-hybridized carbons (Fsp3) is 0.467. The number of carbonyl (C=O) groups excluding carboxylic acids is 1. The molecule has 5 heteroatoms. The van der Waals surface area contributed by atoms with Crippen LogP contribution in [0.3, 0.4) is 0 Å². The molecule has 1 aliphatic heterocycles. The predicted octanol–water partition coefficient (Wildman–Crippen LogP) is 2.41. The van der Waals surface area contributed by atoms with Gasteiger partial charge in [0.1, 0.15) is 0 Å². The third-order valence-corrected chi connectivity index (χ3v) is 3.03. The van der Waals surface area contributed by atoms with Crippen molar-refractivity contribution in [2.75, 3.05) is 20.2 Å². The molecule has 0 aromatic heterocycles. The molecule has 0 bridgehead atoms. The third-order valence-electron chi connectivity index (χ3n) is 3.03. The molecule has 1 heterocycles. The Morgan fingerprint density at radius 2 is 2.15 bits per heavy atom. The minimum atomic E-state index is -0.446. The molecular weight excluding hydrogens is 254 g/mol. The van der Waals surface area contributed by atoms with Gasteiger partial charge < -0.3 is 9.64 Å². The lowest BCUT2D eigenvalue weighted by molar-refractivity contribution is 0.137. The number of amides is 1. The molecule has 0 fully saturated rings. The predicted molar refractivity (Wildman–Crippen MR) is 78.6 cm³/mol. The van der Waals surface area contributed by atoms with Crippen LogP contribution in [0.5, 0.6) is 0 Å². The van der Waals surface area contributed by atoms with Crippen LogP contribution >= 0.6 is 0 Å². The minimum Gasteiger partial charge on any atom is -0.449 e. The highest BCUT2D eigenvalue weighted by Gasteiger charge is 2.25. The van der Waals surface area contributed by atoms with Crippen molar-refractivity contribution >= 4 is 12.1 Å². The molecule has 1 aliphatic rings. The van der Waals surface area contributed by atoms with Gasteiger partial charge in [0.15, 0.2) is 0 Å². The van der Waals surface area contributed by atoms with Gasteiger partial charge in [0.2, 0.25) is 5.96 Å². The maximum Gasteiger partial charge on any atom is 0.413 e. The molecule has 108 valence electrons. The van der Waals surface area contributed by atoms with Crippen LogP contribution in [0.4, 0.5) is 4.79 Å². The van der Waals surface area contributed by atoms with E-state index in [0.717, 1.165) is 12.1 Å². The second kappa shape index (κ2) is 6.41. The molecule has 0 spiro atoms. The number of likely N-dealkylation sites (N-methyl/N-ethyl adjacent to an activating group) is 1. The summed E-state index contributed by atoms with van der Waals surface area (Å²) >= 11 is 0. The molecule has 0 radical (unpaired) electrons. The van der Waals surface area contributed by atoms with Gasteiger partial charge in [0.25, 0.3) is 0 Å². The van der Waals surface area contributed by atoms with Gasteiger partial charge in [0, 0.05) is 13.6 Å². The summed E-state index contributed by atoms with van der Waals surface area (Å²) in [6, 6.07) is 10.1. The Hall–Kier alpha value is -2.04. The smallest absolute Gasteiger partial charge is 0.413 e. The van der Waals surface area contributed by atoms with Crippen LogP contribution in [0.15, 0.2) is 35.3 Å². The zero-order valence-electron chi connectivity index (χ0n) is 12.2. The van der Waals surface area contributed by atoms with Gasteiger partial charge in [-0.3, -0.25) is 5.32 Å².